The van der Waals surface area contributed by atoms with Gasteiger partial charge < -0.3 is 10.1 Å². The molecular formula is C31H47NO3. The highest BCUT2D eigenvalue weighted by atomic mass is 16.5. The van der Waals surface area contributed by atoms with Crippen LogP contribution >= 0.6 is 0 Å². The normalized spacial score (nSPS) is 19.4. The Morgan fingerprint density at radius 1 is 1.06 bits per heavy atom. The predicted molar refractivity (Wildman–Crippen MR) is 146 cm³/mol. The third-order valence-electron chi connectivity index (χ3n) is 7.22. The summed E-state index contributed by atoms with van der Waals surface area (Å²) in [7, 11) is 1.71. The number of hydrogen-bond acceptors (Lipinski definition) is 3. The molecule has 1 saturated carbocycles. The second kappa shape index (κ2) is 13.7. The Bertz CT molecular complexity index is 912. The number of Topliss-reactive ketones (excluding diaryl/α,β-unsaturated/α-hetero) is 1. The number of hydrogen-bond donors (Lipinski definition) is 1. The number of methoxy groups -OCH3 is 1. The van der Waals surface area contributed by atoms with Crippen LogP contribution in [0.3, 0.4) is 0 Å². The summed E-state index contributed by atoms with van der Waals surface area (Å²) in [6.07, 6.45) is 12.6. The van der Waals surface area contributed by atoms with E-state index in [2.05, 4.69) is 44.3 Å². The van der Waals surface area contributed by atoms with E-state index < -0.39 is 0 Å². The van der Waals surface area contributed by atoms with Crippen molar-refractivity contribution in [1.29, 1.82) is 0 Å². The number of carbonyl (C=O) groups excluding carboxylic acids is 2. The van der Waals surface area contributed by atoms with E-state index in [1.54, 1.807) is 7.11 Å². The number of amides is 1. The van der Waals surface area contributed by atoms with Gasteiger partial charge in [0.15, 0.2) is 0 Å². The van der Waals surface area contributed by atoms with Crippen LogP contribution in [-0.4, -0.2) is 24.8 Å². The molecule has 1 aromatic rings. The molecule has 2 rings (SSSR count). The first-order valence-corrected chi connectivity index (χ1v) is 13.3. The van der Waals surface area contributed by atoms with Gasteiger partial charge in [-0.3, -0.25) is 9.59 Å². The second-order valence-electron chi connectivity index (χ2n) is 11.3. The van der Waals surface area contributed by atoms with Crippen LogP contribution in [0.5, 0.6) is 0 Å². The van der Waals surface area contributed by atoms with Gasteiger partial charge in [0.1, 0.15) is 11.5 Å². The van der Waals surface area contributed by atoms with Gasteiger partial charge in [0.2, 0.25) is 0 Å². The zero-order valence-corrected chi connectivity index (χ0v) is 23.1. The quantitative estimate of drug-likeness (QED) is 0.261. The van der Waals surface area contributed by atoms with Gasteiger partial charge in [-0.1, -0.05) is 51.0 Å². The minimum atomic E-state index is -0.0472. The average Bonchev–Trinajstić information content (AvgIpc) is 2.79. The Morgan fingerprint density at radius 2 is 1.74 bits per heavy atom. The van der Waals surface area contributed by atoms with Crippen molar-refractivity contribution in [3.05, 3.63) is 58.4 Å². The molecule has 4 nitrogen and oxygen atoms in total. The second-order valence-corrected chi connectivity index (χ2v) is 11.3. The van der Waals surface area contributed by atoms with E-state index in [4.69, 9.17) is 4.74 Å². The van der Waals surface area contributed by atoms with Gasteiger partial charge in [-0.2, -0.15) is 0 Å². The van der Waals surface area contributed by atoms with Gasteiger partial charge in [-0.15, -0.1) is 0 Å². The van der Waals surface area contributed by atoms with E-state index in [1.807, 2.05) is 32.9 Å². The number of benzene rings is 1. The number of aryl methyl sites for hydroxylation is 2. The van der Waals surface area contributed by atoms with Crippen molar-refractivity contribution in [1.82, 2.24) is 5.32 Å². The molecule has 0 aliphatic heterocycles. The van der Waals surface area contributed by atoms with Crippen molar-refractivity contribution in [2.45, 2.75) is 105 Å². The molecule has 1 aromatic carbocycles. The summed E-state index contributed by atoms with van der Waals surface area (Å²) in [4.78, 5) is 25.2. The molecule has 0 heterocycles. The number of carbonyl (C=O) groups is 2. The summed E-state index contributed by atoms with van der Waals surface area (Å²) in [5, 5.41) is 3.24. The predicted octanol–water partition coefficient (Wildman–Crippen LogP) is 7.63. The van der Waals surface area contributed by atoms with Crippen LogP contribution in [0, 0.1) is 25.2 Å². The number of rotatable bonds is 11. The van der Waals surface area contributed by atoms with Crippen molar-refractivity contribution in [2.24, 2.45) is 11.3 Å². The van der Waals surface area contributed by atoms with Crippen molar-refractivity contribution in [3.8, 4) is 0 Å². The minimum absolute atomic E-state index is 0.0472. The molecule has 0 aromatic heterocycles. The Hall–Kier alpha value is -2.36. The highest BCUT2D eigenvalue weighted by molar-refractivity contribution is 5.95. The van der Waals surface area contributed by atoms with E-state index >= 15 is 0 Å². The summed E-state index contributed by atoms with van der Waals surface area (Å²) >= 11 is 0. The van der Waals surface area contributed by atoms with Crippen LogP contribution in [0.1, 0.15) is 107 Å². The Balaban J connectivity index is 1.68. The third-order valence-corrected chi connectivity index (χ3v) is 7.22. The fourth-order valence-corrected chi connectivity index (χ4v) is 4.97. The maximum atomic E-state index is 12.7. The summed E-state index contributed by atoms with van der Waals surface area (Å²) in [6.45, 7) is 12.5. The van der Waals surface area contributed by atoms with Gasteiger partial charge in [0.25, 0.3) is 5.91 Å². The summed E-state index contributed by atoms with van der Waals surface area (Å²) in [5.74, 6) is 2.01. The first-order valence-electron chi connectivity index (χ1n) is 13.3. The molecule has 0 saturated heterocycles. The first-order chi connectivity index (χ1) is 16.5. The number of ketones is 1. The monoisotopic (exact) mass is 481 g/mol. The third kappa shape index (κ3) is 9.66. The molecule has 0 bridgehead atoms. The summed E-state index contributed by atoms with van der Waals surface area (Å²) in [6, 6.07) is 6.25. The highest BCUT2D eigenvalue weighted by Gasteiger charge is 2.23. The molecular weight excluding hydrogens is 434 g/mol. The van der Waals surface area contributed by atoms with E-state index in [0.717, 1.165) is 67.4 Å². The molecule has 1 N–H and O–H groups in total. The van der Waals surface area contributed by atoms with E-state index in [1.165, 1.54) is 5.56 Å². The average molecular weight is 482 g/mol. The van der Waals surface area contributed by atoms with Gasteiger partial charge in [0, 0.05) is 29.9 Å². The molecule has 1 aliphatic carbocycles. The van der Waals surface area contributed by atoms with Gasteiger partial charge in [-0.25, -0.2) is 0 Å². The fourth-order valence-electron chi connectivity index (χ4n) is 4.97. The Labute approximate surface area is 213 Å². The lowest BCUT2D eigenvalue weighted by Gasteiger charge is -2.29. The molecule has 1 aliphatic rings. The van der Waals surface area contributed by atoms with Gasteiger partial charge in [-0.05, 0) is 88.5 Å². The fraction of sp³-hybridized carbons (Fsp3) is 0.613. The van der Waals surface area contributed by atoms with Crippen molar-refractivity contribution in [2.75, 3.05) is 7.11 Å². The standard InChI is InChI=1S/C31H47NO3/c1-8-24(21-29(35-7)31(4,5)6)15-18-27(33)11-9-10-25-13-16-26(17-14-25)32-30(34)28-19-12-22(2)20-23(28)3/h8,12,19-21,25-26H,9-11,13-18H2,1-7H3,(H,32,34)/b24-8-,29-21-. The van der Waals surface area contributed by atoms with Crippen molar-refractivity contribution in [3.63, 3.8) is 0 Å². The molecule has 194 valence electrons. The van der Waals surface area contributed by atoms with Crippen LogP contribution in [0.4, 0.5) is 0 Å². The first kappa shape index (κ1) is 28.9. The summed E-state index contributed by atoms with van der Waals surface area (Å²) < 4.78 is 5.56. The number of ether oxygens (including phenoxy) is 1. The van der Waals surface area contributed by atoms with Crippen LogP contribution < -0.4 is 5.32 Å². The lowest BCUT2D eigenvalue weighted by atomic mass is 9.82. The Morgan fingerprint density at radius 3 is 2.31 bits per heavy atom. The molecule has 1 fully saturated rings. The maximum Gasteiger partial charge on any atom is 0.251 e. The highest BCUT2D eigenvalue weighted by Crippen LogP contribution is 2.30. The lowest BCUT2D eigenvalue weighted by Crippen LogP contribution is -2.37. The van der Waals surface area contributed by atoms with Crippen molar-refractivity contribution < 1.29 is 14.3 Å². The summed E-state index contributed by atoms with van der Waals surface area (Å²) in [5.41, 5.74) is 4.11. The molecule has 0 atom stereocenters. The number of allylic oxidation sites excluding steroid dienone is 4. The number of nitrogens with one attached hydrogen (secondary N) is 1. The lowest BCUT2D eigenvalue weighted by molar-refractivity contribution is -0.119. The van der Waals surface area contributed by atoms with Crippen LogP contribution in [0.2, 0.25) is 0 Å². The molecule has 0 unspecified atom stereocenters. The van der Waals surface area contributed by atoms with Crippen LogP contribution in [0.25, 0.3) is 0 Å². The molecule has 1 amide bonds. The van der Waals surface area contributed by atoms with E-state index in [9.17, 15) is 9.59 Å². The van der Waals surface area contributed by atoms with Gasteiger partial charge in [0.05, 0.1) is 7.11 Å². The maximum absolute atomic E-state index is 12.7. The topological polar surface area (TPSA) is 55.4 Å². The molecule has 4 heteroatoms. The molecule has 0 radical (unpaired) electrons. The molecule has 0 spiro atoms. The Kier molecular flexibility index (Phi) is 11.3. The zero-order chi connectivity index (χ0) is 26.0. The van der Waals surface area contributed by atoms with Gasteiger partial charge >= 0.3 is 0 Å². The van der Waals surface area contributed by atoms with E-state index in [-0.39, 0.29) is 17.4 Å². The zero-order valence-electron chi connectivity index (χ0n) is 23.1. The van der Waals surface area contributed by atoms with Crippen LogP contribution in [0.15, 0.2) is 41.7 Å². The van der Waals surface area contributed by atoms with Crippen molar-refractivity contribution >= 4 is 11.7 Å². The van der Waals surface area contributed by atoms with E-state index in [0.29, 0.717) is 24.5 Å². The smallest absolute Gasteiger partial charge is 0.251 e. The minimum Gasteiger partial charge on any atom is -0.501 e. The van der Waals surface area contributed by atoms with Crippen LogP contribution in [-0.2, 0) is 9.53 Å². The largest absolute Gasteiger partial charge is 0.501 e. The SMILES string of the molecule is C/C=C(\C=C(/OC)C(C)(C)C)CCC(=O)CCCC1CCC(NC(=O)c2ccc(C)cc2C)CC1. The molecule has 35 heavy (non-hydrogen) atoms.